The largest absolute Gasteiger partial charge is 0.397 e. The van der Waals surface area contributed by atoms with E-state index in [4.69, 9.17) is 5.73 Å². The summed E-state index contributed by atoms with van der Waals surface area (Å²) in [4.78, 5) is 4.05. The van der Waals surface area contributed by atoms with Gasteiger partial charge in [0, 0.05) is 11.9 Å². The van der Waals surface area contributed by atoms with Crippen LogP contribution in [-0.4, -0.2) is 4.98 Å². The number of para-hydroxylation sites is 1. The van der Waals surface area contributed by atoms with Crippen molar-refractivity contribution in [3.8, 4) is 0 Å². The summed E-state index contributed by atoms with van der Waals surface area (Å²) in [7, 11) is 0. The zero-order valence-electron chi connectivity index (χ0n) is 9.27. The predicted octanol–water partition coefficient (Wildman–Crippen LogP) is 2.97. The molecule has 0 unspecified atom stereocenters. The van der Waals surface area contributed by atoms with E-state index in [0.717, 1.165) is 17.8 Å². The van der Waals surface area contributed by atoms with E-state index in [1.54, 1.807) is 18.5 Å². The first-order valence-corrected chi connectivity index (χ1v) is 5.35. The van der Waals surface area contributed by atoms with E-state index < -0.39 is 0 Å². The molecule has 82 valence electrons. The maximum absolute atomic E-state index is 5.86. The highest BCUT2D eigenvalue weighted by Crippen LogP contribution is 2.24. The van der Waals surface area contributed by atoms with E-state index in [1.807, 2.05) is 18.2 Å². The van der Waals surface area contributed by atoms with Gasteiger partial charge in [-0.25, -0.2) is 0 Å². The highest BCUT2D eigenvalue weighted by molar-refractivity contribution is 5.72. The average Bonchev–Trinajstić information content (AvgIpc) is 2.33. The molecule has 16 heavy (non-hydrogen) atoms. The van der Waals surface area contributed by atoms with Crippen LogP contribution in [0.1, 0.15) is 12.5 Å². The van der Waals surface area contributed by atoms with Crippen LogP contribution in [0, 0.1) is 0 Å². The van der Waals surface area contributed by atoms with E-state index in [0.29, 0.717) is 5.69 Å². The number of nitrogens with one attached hydrogen (secondary N) is 1. The number of nitrogens with two attached hydrogens (primary N) is 1. The van der Waals surface area contributed by atoms with Gasteiger partial charge in [-0.3, -0.25) is 4.98 Å². The van der Waals surface area contributed by atoms with E-state index >= 15 is 0 Å². The molecule has 0 fully saturated rings. The molecule has 0 atom stereocenters. The molecule has 0 aliphatic rings. The Balaban J connectivity index is 2.30. The fourth-order valence-electron chi connectivity index (χ4n) is 1.61. The number of anilines is 3. The van der Waals surface area contributed by atoms with Crippen molar-refractivity contribution >= 4 is 17.1 Å². The molecule has 3 heteroatoms. The maximum Gasteiger partial charge on any atom is 0.0804 e. The van der Waals surface area contributed by atoms with Crippen molar-refractivity contribution in [2.24, 2.45) is 0 Å². The van der Waals surface area contributed by atoms with Gasteiger partial charge in [-0.2, -0.15) is 0 Å². The van der Waals surface area contributed by atoms with Gasteiger partial charge in [0.25, 0.3) is 0 Å². The highest BCUT2D eigenvalue weighted by atomic mass is 14.9. The molecule has 0 aliphatic carbocycles. The second-order valence-corrected chi connectivity index (χ2v) is 3.60. The van der Waals surface area contributed by atoms with Crippen molar-refractivity contribution in [3.63, 3.8) is 0 Å². The number of nitrogen functional groups attached to an aromatic ring is 1. The number of nitrogens with zero attached hydrogens (tertiary/aromatic N) is 1. The molecule has 0 bridgehead atoms. The van der Waals surface area contributed by atoms with Crippen molar-refractivity contribution < 1.29 is 0 Å². The summed E-state index contributed by atoms with van der Waals surface area (Å²) in [6.45, 7) is 2.13. The molecule has 3 N–H and O–H groups in total. The van der Waals surface area contributed by atoms with Crippen LogP contribution in [0.4, 0.5) is 17.1 Å². The van der Waals surface area contributed by atoms with Crippen LogP contribution in [-0.2, 0) is 6.42 Å². The third-order valence-corrected chi connectivity index (χ3v) is 2.52. The fourth-order valence-corrected chi connectivity index (χ4v) is 1.61. The quantitative estimate of drug-likeness (QED) is 0.824. The molecule has 0 saturated carbocycles. The molecule has 1 aromatic heterocycles. The molecule has 2 rings (SSSR count). The molecule has 0 aliphatic heterocycles. The number of rotatable bonds is 3. The van der Waals surface area contributed by atoms with Gasteiger partial charge in [-0.15, -0.1) is 0 Å². The summed E-state index contributed by atoms with van der Waals surface area (Å²) in [6.07, 6.45) is 4.41. The Morgan fingerprint density at radius 2 is 2.00 bits per heavy atom. The van der Waals surface area contributed by atoms with E-state index in [1.165, 1.54) is 5.56 Å². The maximum atomic E-state index is 5.86. The van der Waals surface area contributed by atoms with Crippen molar-refractivity contribution in [2.45, 2.75) is 13.3 Å². The second-order valence-electron chi connectivity index (χ2n) is 3.60. The molecule has 3 nitrogen and oxygen atoms in total. The molecule has 0 radical (unpaired) electrons. The molecular formula is C13H15N3. The number of hydrogen-bond donors (Lipinski definition) is 2. The lowest BCUT2D eigenvalue weighted by Gasteiger charge is -2.11. The van der Waals surface area contributed by atoms with Gasteiger partial charge < -0.3 is 11.1 Å². The van der Waals surface area contributed by atoms with Gasteiger partial charge in [0.15, 0.2) is 0 Å². The van der Waals surface area contributed by atoms with Crippen LogP contribution in [0.15, 0.2) is 42.7 Å². The Bertz CT molecular complexity index is 480. The van der Waals surface area contributed by atoms with E-state index in [9.17, 15) is 0 Å². The Morgan fingerprint density at radius 3 is 2.75 bits per heavy atom. The van der Waals surface area contributed by atoms with Gasteiger partial charge in [0.2, 0.25) is 0 Å². The Labute approximate surface area is 95.3 Å². The molecule has 0 amide bonds. The van der Waals surface area contributed by atoms with Crippen molar-refractivity contribution in [1.82, 2.24) is 4.98 Å². The van der Waals surface area contributed by atoms with E-state index in [-0.39, 0.29) is 0 Å². The van der Waals surface area contributed by atoms with Crippen LogP contribution in [0.25, 0.3) is 0 Å². The monoisotopic (exact) mass is 213 g/mol. The van der Waals surface area contributed by atoms with E-state index in [2.05, 4.69) is 23.3 Å². The Morgan fingerprint density at radius 1 is 1.19 bits per heavy atom. The van der Waals surface area contributed by atoms with Crippen molar-refractivity contribution in [3.05, 3.63) is 48.3 Å². The molecule has 0 saturated heterocycles. The molecular weight excluding hydrogens is 198 g/mol. The Kier molecular flexibility index (Phi) is 3.05. The summed E-state index contributed by atoms with van der Waals surface area (Å²) < 4.78 is 0. The van der Waals surface area contributed by atoms with Gasteiger partial charge in [-0.05, 0) is 24.1 Å². The van der Waals surface area contributed by atoms with Crippen LogP contribution in [0.3, 0.4) is 0 Å². The zero-order chi connectivity index (χ0) is 11.4. The Hall–Kier alpha value is -2.03. The van der Waals surface area contributed by atoms with Crippen LogP contribution < -0.4 is 11.1 Å². The van der Waals surface area contributed by atoms with Gasteiger partial charge in [-0.1, -0.05) is 25.1 Å². The molecule has 1 aromatic carbocycles. The number of pyridine rings is 1. The van der Waals surface area contributed by atoms with Crippen molar-refractivity contribution in [1.29, 1.82) is 0 Å². The summed E-state index contributed by atoms with van der Waals surface area (Å²) in [5, 5.41) is 3.30. The second kappa shape index (κ2) is 4.66. The van der Waals surface area contributed by atoms with Gasteiger partial charge >= 0.3 is 0 Å². The van der Waals surface area contributed by atoms with Crippen LogP contribution in [0.2, 0.25) is 0 Å². The first-order valence-electron chi connectivity index (χ1n) is 5.35. The lowest BCUT2D eigenvalue weighted by Crippen LogP contribution is -1.99. The molecule has 2 aromatic rings. The molecule has 1 heterocycles. The third kappa shape index (κ3) is 2.14. The summed E-state index contributed by atoms with van der Waals surface area (Å²) in [5.41, 5.74) is 9.77. The minimum absolute atomic E-state index is 0.709. The van der Waals surface area contributed by atoms with Crippen molar-refractivity contribution in [2.75, 3.05) is 11.1 Å². The first kappa shape index (κ1) is 10.5. The SMILES string of the molecule is CCc1ccccc1Nc1cnccc1N. The highest BCUT2D eigenvalue weighted by Gasteiger charge is 2.02. The van der Waals surface area contributed by atoms with Gasteiger partial charge in [0.1, 0.15) is 0 Å². The summed E-state index contributed by atoms with van der Waals surface area (Å²) in [6, 6.07) is 9.99. The number of aromatic nitrogens is 1. The minimum atomic E-state index is 0.709. The number of benzene rings is 1. The normalized spacial score (nSPS) is 10.1. The fraction of sp³-hybridized carbons (Fsp3) is 0.154. The predicted molar refractivity (Wildman–Crippen MR) is 67.8 cm³/mol. The lowest BCUT2D eigenvalue weighted by molar-refractivity contribution is 1.14. The van der Waals surface area contributed by atoms with Crippen LogP contribution in [0.5, 0.6) is 0 Å². The average molecular weight is 213 g/mol. The zero-order valence-corrected chi connectivity index (χ0v) is 9.27. The number of aryl methyl sites for hydroxylation is 1. The smallest absolute Gasteiger partial charge is 0.0804 e. The van der Waals surface area contributed by atoms with Gasteiger partial charge in [0.05, 0.1) is 17.6 Å². The standard InChI is InChI=1S/C13H15N3/c1-2-10-5-3-4-6-12(10)16-13-9-15-8-7-11(13)14/h3-9,16H,2H2,1H3,(H2,14,15). The topological polar surface area (TPSA) is 50.9 Å². The molecule has 0 spiro atoms. The summed E-state index contributed by atoms with van der Waals surface area (Å²) in [5.74, 6) is 0. The summed E-state index contributed by atoms with van der Waals surface area (Å²) >= 11 is 0. The number of hydrogen-bond acceptors (Lipinski definition) is 3. The minimum Gasteiger partial charge on any atom is -0.397 e. The first-order chi connectivity index (χ1) is 7.81. The van der Waals surface area contributed by atoms with Crippen LogP contribution >= 0.6 is 0 Å². The third-order valence-electron chi connectivity index (χ3n) is 2.52. The lowest BCUT2D eigenvalue weighted by atomic mass is 10.1.